The van der Waals surface area contributed by atoms with Crippen LogP contribution in [-0.4, -0.2) is 4.98 Å². The molecule has 0 aliphatic heterocycles. The van der Waals surface area contributed by atoms with Gasteiger partial charge in [-0.05, 0) is 42.3 Å². The van der Waals surface area contributed by atoms with Gasteiger partial charge in [-0.1, -0.05) is 17.7 Å². The Bertz CT molecular complexity index is 596. The number of pyridine rings is 1. The van der Waals surface area contributed by atoms with Crippen LogP contribution in [0.4, 0.5) is 0 Å². The summed E-state index contributed by atoms with van der Waals surface area (Å²) in [6, 6.07) is 4.19. The van der Waals surface area contributed by atoms with Crippen LogP contribution in [0, 0.1) is 6.92 Å². The molecule has 0 radical (unpaired) electrons. The molecule has 0 spiro atoms. The number of hydrogen-bond donors (Lipinski definition) is 2. The molecule has 2 aromatic rings. The zero-order valence-electron chi connectivity index (χ0n) is 10.7. The number of aromatic nitrogens is 1. The van der Waals surface area contributed by atoms with Crippen molar-refractivity contribution >= 4 is 22.9 Å². The normalized spacial score (nSPS) is 19.4. The topological polar surface area (TPSA) is 50.9 Å². The summed E-state index contributed by atoms with van der Waals surface area (Å²) in [6.45, 7) is 2.02. The van der Waals surface area contributed by atoms with Crippen molar-refractivity contribution in [1.82, 2.24) is 10.4 Å². The van der Waals surface area contributed by atoms with E-state index in [1.807, 2.05) is 19.2 Å². The maximum Gasteiger partial charge on any atom is 0.0652 e. The number of aryl methyl sites for hydroxylation is 2. The van der Waals surface area contributed by atoms with Gasteiger partial charge in [-0.2, -0.15) is 0 Å². The molecular weight excluding hydrogens is 278 g/mol. The van der Waals surface area contributed by atoms with Gasteiger partial charge in [0, 0.05) is 22.7 Å². The summed E-state index contributed by atoms with van der Waals surface area (Å²) in [6.07, 6.45) is 3.98. The van der Waals surface area contributed by atoms with Crippen molar-refractivity contribution < 1.29 is 0 Å². The maximum atomic E-state index is 6.38. The van der Waals surface area contributed by atoms with Crippen molar-refractivity contribution in [3.8, 4) is 0 Å². The highest BCUT2D eigenvalue weighted by Gasteiger charge is 2.33. The Hall–Kier alpha value is -0.940. The molecule has 1 aliphatic carbocycles. The Kier molecular flexibility index (Phi) is 3.58. The lowest BCUT2D eigenvalue weighted by Gasteiger charge is -2.22. The molecule has 0 fully saturated rings. The zero-order chi connectivity index (χ0) is 13.4. The predicted molar refractivity (Wildman–Crippen MR) is 79.4 cm³/mol. The first-order chi connectivity index (χ1) is 9.22. The van der Waals surface area contributed by atoms with E-state index in [-0.39, 0.29) is 6.04 Å². The number of nitrogens with one attached hydrogen (secondary N) is 1. The van der Waals surface area contributed by atoms with Crippen molar-refractivity contribution in [2.75, 3.05) is 0 Å². The highest BCUT2D eigenvalue weighted by molar-refractivity contribution is 7.10. The summed E-state index contributed by atoms with van der Waals surface area (Å²) in [5, 5.41) is 2.91. The summed E-state index contributed by atoms with van der Waals surface area (Å²) in [5.74, 6) is 6.09. The predicted octanol–water partition coefficient (Wildman–Crippen LogP) is 3.34. The van der Waals surface area contributed by atoms with E-state index in [2.05, 4.69) is 21.9 Å². The molecule has 19 heavy (non-hydrogen) atoms. The molecule has 0 saturated heterocycles. The van der Waals surface area contributed by atoms with E-state index >= 15 is 0 Å². The van der Waals surface area contributed by atoms with Gasteiger partial charge in [0.25, 0.3) is 0 Å². The highest BCUT2D eigenvalue weighted by atomic mass is 35.5. The van der Waals surface area contributed by atoms with Crippen LogP contribution < -0.4 is 11.3 Å². The molecule has 2 atom stereocenters. The summed E-state index contributed by atoms with van der Waals surface area (Å²) in [4.78, 5) is 5.65. The van der Waals surface area contributed by atoms with Crippen LogP contribution in [-0.2, 0) is 6.42 Å². The van der Waals surface area contributed by atoms with E-state index in [1.165, 1.54) is 5.56 Å². The standard InChI is InChI=1S/C14H16ClN3S/c1-8-7-19-14(11(8)15)13(18-16)10-5-4-9-3-2-6-17-12(9)10/h2-3,6-7,10,13,18H,4-5,16H2,1H3. The molecule has 0 bridgehead atoms. The molecule has 5 heteroatoms. The van der Waals surface area contributed by atoms with Gasteiger partial charge < -0.3 is 0 Å². The van der Waals surface area contributed by atoms with Crippen molar-refractivity contribution in [1.29, 1.82) is 0 Å². The minimum absolute atomic E-state index is 0.0438. The molecule has 3 rings (SSSR count). The fourth-order valence-corrected chi connectivity index (χ4v) is 4.24. The van der Waals surface area contributed by atoms with E-state index in [9.17, 15) is 0 Å². The summed E-state index contributed by atoms with van der Waals surface area (Å²) in [7, 11) is 0. The van der Waals surface area contributed by atoms with Gasteiger partial charge in [-0.3, -0.25) is 16.3 Å². The lowest BCUT2D eigenvalue weighted by molar-refractivity contribution is 0.453. The second kappa shape index (κ2) is 5.21. The number of rotatable bonds is 3. The SMILES string of the molecule is Cc1csc(C(NN)C2CCc3cccnc32)c1Cl. The first-order valence-electron chi connectivity index (χ1n) is 6.35. The third-order valence-electron chi connectivity index (χ3n) is 3.79. The molecule has 0 saturated carbocycles. The fourth-order valence-electron chi connectivity index (χ4n) is 2.80. The number of fused-ring (bicyclic) bond motifs is 1. The van der Waals surface area contributed by atoms with Gasteiger partial charge >= 0.3 is 0 Å². The van der Waals surface area contributed by atoms with Crippen LogP contribution in [0.3, 0.4) is 0 Å². The average Bonchev–Trinajstić information content (AvgIpc) is 2.99. The van der Waals surface area contributed by atoms with Crippen LogP contribution in [0.5, 0.6) is 0 Å². The van der Waals surface area contributed by atoms with E-state index < -0.39 is 0 Å². The van der Waals surface area contributed by atoms with Gasteiger partial charge in [0.15, 0.2) is 0 Å². The Balaban J connectivity index is 1.99. The second-order valence-corrected chi connectivity index (χ2v) is 6.22. The van der Waals surface area contributed by atoms with Gasteiger partial charge in [0.1, 0.15) is 0 Å². The molecular formula is C14H16ClN3S. The molecule has 3 nitrogen and oxygen atoms in total. The zero-order valence-corrected chi connectivity index (χ0v) is 12.3. The maximum absolute atomic E-state index is 6.38. The van der Waals surface area contributed by atoms with Crippen molar-refractivity contribution in [2.24, 2.45) is 5.84 Å². The number of hydrogen-bond acceptors (Lipinski definition) is 4. The molecule has 2 heterocycles. The van der Waals surface area contributed by atoms with Gasteiger partial charge in [-0.25, -0.2) is 0 Å². The van der Waals surface area contributed by atoms with Crippen LogP contribution in [0.1, 0.15) is 40.1 Å². The van der Waals surface area contributed by atoms with Gasteiger partial charge in [-0.15, -0.1) is 11.3 Å². The lowest BCUT2D eigenvalue weighted by atomic mass is 9.95. The van der Waals surface area contributed by atoms with Crippen molar-refractivity contribution in [2.45, 2.75) is 31.7 Å². The summed E-state index contributed by atoms with van der Waals surface area (Å²) < 4.78 is 0. The van der Waals surface area contributed by atoms with E-state index in [0.717, 1.165) is 34.0 Å². The lowest BCUT2D eigenvalue weighted by Crippen LogP contribution is -2.31. The molecule has 0 aromatic carbocycles. The highest BCUT2D eigenvalue weighted by Crippen LogP contribution is 2.44. The fraction of sp³-hybridized carbons (Fsp3) is 0.357. The van der Waals surface area contributed by atoms with E-state index in [4.69, 9.17) is 17.4 Å². The van der Waals surface area contributed by atoms with Gasteiger partial charge in [0.2, 0.25) is 0 Å². The molecule has 2 unspecified atom stereocenters. The molecule has 1 aliphatic rings. The molecule has 2 aromatic heterocycles. The van der Waals surface area contributed by atoms with Crippen LogP contribution in [0.15, 0.2) is 23.7 Å². The smallest absolute Gasteiger partial charge is 0.0652 e. The number of hydrazine groups is 1. The number of nitrogens with two attached hydrogens (primary N) is 1. The molecule has 100 valence electrons. The van der Waals surface area contributed by atoms with Crippen LogP contribution in [0.25, 0.3) is 0 Å². The van der Waals surface area contributed by atoms with Crippen LogP contribution >= 0.6 is 22.9 Å². The van der Waals surface area contributed by atoms with E-state index in [0.29, 0.717) is 5.92 Å². The minimum atomic E-state index is 0.0438. The van der Waals surface area contributed by atoms with E-state index in [1.54, 1.807) is 11.3 Å². The Labute approximate surface area is 121 Å². The minimum Gasteiger partial charge on any atom is -0.271 e. The largest absolute Gasteiger partial charge is 0.271 e. The van der Waals surface area contributed by atoms with Crippen molar-refractivity contribution in [3.05, 3.63) is 50.4 Å². The molecule has 0 amide bonds. The second-order valence-electron chi connectivity index (χ2n) is 4.93. The third kappa shape index (κ3) is 2.19. The number of nitrogens with zero attached hydrogens (tertiary/aromatic N) is 1. The Morgan fingerprint density at radius 1 is 1.58 bits per heavy atom. The monoisotopic (exact) mass is 293 g/mol. The summed E-state index contributed by atoms with van der Waals surface area (Å²) in [5.41, 5.74) is 6.54. The number of thiophene rings is 1. The Morgan fingerprint density at radius 2 is 2.42 bits per heavy atom. The molecule has 3 N–H and O–H groups in total. The quantitative estimate of drug-likeness (QED) is 0.674. The Morgan fingerprint density at radius 3 is 3.11 bits per heavy atom. The average molecular weight is 294 g/mol. The van der Waals surface area contributed by atoms with Crippen LogP contribution in [0.2, 0.25) is 5.02 Å². The third-order valence-corrected chi connectivity index (χ3v) is 5.59. The van der Waals surface area contributed by atoms with Crippen molar-refractivity contribution in [3.63, 3.8) is 0 Å². The first-order valence-corrected chi connectivity index (χ1v) is 7.61. The number of halogens is 1. The summed E-state index contributed by atoms with van der Waals surface area (Å²) >= 11 is 8.05. The van der Waals surface area contributed by atoms with Gasteiger partial charge in [0.05, 0.1) is 11.1 Å². The first kappa shape index (κ1) is 13.1.